The monoisotopic (exact) mass is 287 g/mol. The van der Waals surface area contributed by atoms with Gasteiger partial charge in [-0.25, -0.2) is 4.98 Å². The molecule has 0 aromatic carbocycles. The van der Waals surface area contributed by atoms with Crippen LogP contribution in [0.1, 0.15) is 49.8 Å². The molecule has 2 aromatic rings. The van der Waals surface area contributed by atoms with Gasteiger partial charge in [0, 0.05) is 19.2 Å². The largest absolute Gasteiger partial charge is 0.308 e. The predicted octanol–water partition coefficient (Wildman–Crippen LogP) is 2.67. The first-order valence-electron chi connectivity index (χ1n) is 7.77. The van der Waals surface area contributed by atoms with Gasteiger partial charge in [-0.1, -0.05) is 13.8 Å². The molecule has 2 aromatic heterocycles. The Morgan fingerprint density at radius 2 is 2.10 bits per heavy atom. The van der Waals surface area contributed by atoms with E-state index in [1.54, 1.807) is 6.33 Å². The number of nitrogens with zero attached hydrogens (tertiary/aromatic N) is 4. The van der Waals surface area contributed by atoms with Crippen LogP contribution < -0.4 is 5.32 Å². The highest BCUT2D eigenvalue weighted by Gasteiger charge is 2.16. The molecule has 2 rings (SSSR count). The van der Waals surface area contributed by atoms with Crippen molar-refractivity contribution in [3.05, 3.63) is 41.7 Å². The number of nitrogens with one attached hydrogen (secondary N) is 1. The fourth-order valence-corrected chi connectivity index (χ4v) is 2.38. The van der Waals surface area contributed by atoms with Gasteiger partial charge in [0.2, 0.25) is 0 Å². The maximum atomic E-state index is 4.53. The molecule has 0 bridgehead atoms. The number of pyridine rings is 1. The van der Waals surface area contributed by atoms with E-state index in [2.05, 4.69) is 47.2 Å². The summed E-state index contributed by atoms with van der Waals surface area (Å²) in [7, 11) is 0. The van der Waals surface area contributed by atoms with E-state index >= 15 is 0 Å². The van der Waals surface area contributed by atoms with Gasteiger partial charge in [-0.3, -0.25) is 9.67 Å². The Bertz CT molecular complexity index is 549. The lowest BCUT2D eigenvalue weighted by atomic mass is 10.1. The molecule has 1 unspecified atom stereocenters. The van der Waals surface area contributed by atoms with Gasteiger partial charge in [-0.2, -0.15) is 5.10 Å². The zero-order valence-electron chi connectivity index (χ0n) is 13.2. The van der Waals surface area contributed by atoms with Crippen LogP contribution >= 0.6 is 0 Å². The molecule has 0 saturated carbocycles. The molecule has 5 nitrogen and oxygen atoms in total. The molecule has 21 heavy (non-hydrogen) atoms. The van der Waals surface area contributed by atoms with E-state index in [1.165, 1.54) is 5.56 Å². The summed E-state index contributed by atoms with van der Waals surface area (Å²) < 4.78 is 2.00. The lowest BCUT2D eigenvalue weighted by Crippen LogP contribution is -2.26. The molecule has 0 radical (unpaired) electrons. The molecule has 1 atom stereocenters. The van der Waals surface area contributed by atoms with Crippen LogP contribution in [0.15, 0.2) is 24.7 Å². The molecule has 0 aliphatic heterocycles. The lowest BCUT2D eigenvalue weighted by Gasteiger charge is -2.18. The fraction of sp³-hybridized carbons (Fsp3) is 0.562. The van der Waals surface area contributed by atoms with Crippen LogP contribution in [0.5, 0.6) is 0 Å². The second kappa shape index (κ2) is 7.88. The Balaban J connectivity index is 2.17. The van der Waals surface area contributed by atoms with Gasteiger partial charge in [0.05, 0.1) is 11.7 Å². The third-order valence-electron chi connectivity index (χ3n) is 3.45. The summed E-state index contributed by atoms with van der Waals surface area (Å²) in [6.45, 7) is 8.31. The number of rotatable bonds is 8. The van der Waals surface area contributed by atoms with Gasteiger partial charge >= 0.3 is 0 Å². The molecule has 0 fully saturated rings. The highest BCUT2D eigenvalue weighted by Crippen LogP contribution is 2.16. The SMILES string of the molecule is CCCNC(Cc1ncnn1CCC)c1cc(C)ccn1. The zero-order chi connectivity index (χ0) is 15.1. The van der Waals surface area contributed by atoms with Gasteiger partial charge in [0.15, 0.2) is 0 Å². The van der Waals surface area contributed by atoms with Crippen molar-refractivity contribution in [2.45, 2.75) is 52.6 Å². The molecule has 5 heteroatoms. The molecular formula is C16H25N5. The summed E-state index contributed by atoms with van der Waals surface area (Å²) in [5.41, 5.74) is 2.31. The first-order chi connectivity index (χ1) is 10.2. The normalized spacial score (nSPS) is 12.5. The molecular weight excluding hydrogens is 262 g/mol. The number of hydrogen-bond donors (Lipinski definition) is 1. The summed E-state index contributed by atoms with van der Waals surface area (Å²) in [6.07, 6.45) is 6.50. The van der Waals surface area contributed by atoms with E-state index in [1.807, 2.05) is 16.9 Å². The minimum Gasteiger partial charge on any atom is -0.308 e. The maximum absolute atomic E-state index is 4.53. The van der Waals surface area contributed by atoms with Crippen LogP contribution in [0.2, 0.25) is 0 Å². The molecule has 0 aliphatic rings. The Morgan fingerprint density at radius 1 is 1.24 bits per heavy atom. The third-order valence-corrected chi connectivity index (χ3v) is 3.45. The van der Waals surface area contributed by atoms with E-state index in [0.29, 0.717) is 0 Å². The standard InChI is InChI=1S/C16H25N5/c1-4-7-17-15(14-10-13(3)6-8-18-14)11-16-19-12-20-21(16)9-5-2/h6,8,10,12,15,17H,4-5,7,9,11H2,1-3H3. The molecule has 0 saturated heterocycles. The molecule has 0 spiro atoms. The van der Waals surface area contributed by atoms with E-state index in [-0.39, 0.29) is 6.04 Å². The van der Waals surface area contributed by atoms with Crippen molar-refractivity contribution in [1.82, 2.24) is 25.1 Å². The van der Waals surface area contributed by atoms with Crippen molar-refractivity contribution >= 4 is 0 Å². The van der Waals surface area contributed by atoms with Crippen molar-refractivity contribution in [1.29, 1.82) is 0 Å². The van der Waals surface area contributed by atoms with Crippen LogP contribution in [0.3, 0.4) is 0 Å². The Kier molecular flexibility index (Phi) is 5.87. The quantitative estimate of drug-likeness (QED) is 0.811. The number of hydrogen-bond acceptors (Lipinski definition) is 4. The topological polar surface area (TPSA) is 55.6 Å². The minimum atomic E-state index is 0.185. The van der Waals surface area contributed by atoms with E-state index in [9.17, 15) is 0 Å². The van der Waals surface area contributed by atoms with Crippen LogP contribution in [0.4, 0.5) is 0 Å². The summed E-state index contributed by atoms with van der Waals surface area (Å²) in [5.74, 6) is 1.02. The second-order valence-corrected chi connectivity index (χ2v) is 5.37. The van der Waals surface area contributed by atoms with Gasteiger partial charge in [-0.05, 0) is 44.0 Å². The first-order valence-corrected chi connectivity index (χ1v) is 7.77. The summed E-state index contributed by atoms with van der Waals surface area (Å²) in [5, 5.41) is 7.88. The van der Waals surface area contributed by atoms with Crippen LogP contribution in [-0.2, 0) is 13.0 Å². The Hall–Kier alpha value is -1.75. The molecule has 1 N–H and O–H groups in total. The van der Waals surface area contributed by atoms with Gasteiger partial charge in [0.1, 0.15) is 12.2 Å². The summed E-state index contributed by atoms with van der Waals surface area (Å²) in [4.78, 5) is 8.94. The smallest absolute Gasteiger partial charge is 0.138 e. The molecule has 0 aliphatic carbocycles. The van der Waals surface area contributed by atoms with Crippen LogP contribution in [0.25, 0.3) is 0 Å². The lowest BCUT2D eigenvalue weighted by molar-refractivity contribution is 0.480. The van der Waals surface area contributed by atoms with Crippen molar-refractivity contribution in [2.75, 3.05) is 6.54 Å². The van der Waals surface area contributed by atoms with Gasteiger partial charge in [0.25, 0.3) is 0 Å². The van der Waals surface area contributed by atoms with Crippen molar-refractivity contribution in [2.24, 2.45) is 0 Å². The van der Waals surface area contributed by atoms with E-state index < -0.39 is 0 Å². The summed E-state index contributed by atoms with van der Waals surface area (Å²) >= 11 is 0. The van der Waals surface area contributed by atoms with Gasteiger partial charge < -0.3 is 5.32 Å². The zero-order valence-corrected chi connectivity index (χ0v) is 13.2. The van der Waals surface area contributed by atoms with Crippen molar-refractivity contribution in [3.63, 3.8) is 0 Å². The third kappa shape index (κ3) is 4.36. The second-order valence-electron chi connectivity index (χ2n) is 5.37. The average Bonchev–Trinajstić information content (AvgIpc) is 2.91. The molecule has 114 valence electrons. The van der Waals surface area contributed by atoms with Crippen molar-refractivity contribution < 1.29 is 0 Å². The molecule has 2 heterocycles. The van der Waals surface area contributed by atoms with Gasteiger partial charge in [-0.15, -0.1) is 0 Å². The Labute approximate surface area is 126 Å². The minimum absolute atomic E-state index is 0.185. The van der Waals surface area contributed by atoms with Crippen molar-refractivity contribution in [3.8, 4) is 0 Å². The fourth-order valence-electron chi connectivity index (χ4n) is 2.38. The highest BCUT2D eigenvalue weighted by molar-refractivity contribution is 5.18. The first kappa shape index (κ1) is 15.6. The predicted molar refractivity (Wildman–Crippen MR) is 84.0 cm³/mol. The highest BCUT2D eigenvalue weighted by atomic mass is 15.3. The summed E-state index contributed by atoms with van der Waals surface area (Å²) in [6, 6.07) is 4.36. The molecule has 0 amide bonds. The number of aromatic nitrogens is 4. The average molecular weight is 287 g/mol. The maximum Gasteiger partial charge on any atom is 0.138 e. The van der Waals surface area contributed by atoms with E-state index in [0.717, 1.165) is 43.9 Å². The number of aryl methyl sites for hydroxylation is 2. The van der Waals surface area contributed by atoms with Crippen LogP contribution in [-0.4, -0.2) is 26.3 Å². The Morgan fingerprint density at radius 3 is 2.81 bits per heavy atom. The van der Waals surface area contributed by atoms with Crippen LogP contribution in [0, 0.1) is 6.92 Å². The van der Waals surface area contributed by atoms with E-state index in [4.69, 9.17) is 0 Å².